The lowest BCUT2D eigenvalue weighted by Crippen LogP contribution is -2.30. The Morgan fingerprint density at radius 1 is 1.39 bits per heavy atom. The first-order valence-corrected chi connectivity index (χ1v) is 6.80. The SMILES string of the molecule is Cc1nc(CN(C)C(CN)c2ccncc2)cs1. The number of nitrogens with two attached hydrogens (primary N) is 1. The zero-order valence-electron chi connectivity index (χ0n) is 10.7. The van der Waals surface area contributed by atoms with Crippen molar-refractivity contribution in [2.45, 2.75) is 19.5 Å². The number of likely N-dealkylation sites (N-methyl/N-ethyl adjacent to an activating group) is 1. The molecule has 96 valence electrons. The van der Waals surface area contributed by atoms with Crippen LogP contribution in [0.5, 0.6) is 0 Å². The fourth-order valence-electron chi connectivity index (χ4n) is 2.00. The maximum Gasteiger partial charge on any atom is 0.0897 e. The summed E-state index contributed by atoms with van der Waals surface area (Å²) in [5.41, 5.74) is 8.19. The molecule has 0 amide bonds. The number of pyridine rings is 1. The molecule has 0 aliphatic rings. The number of hydrogen-bond acceptors (Lipinski definition) is 5. The van der Waals surface area contributed by atoms with Crippen molar-refractivity contribution in [3.63, 3.8) is 0 Å². The Kier molecular flexibility index (Phi) is 4.41. The fraction of sp³-hybridized carbons (Fsp3) is 0.385. The highest BCUT2D eigenvalue weighted by Gasteiger charge is 2.16. The second-order valence-electron chi connectivity index (χ2n) is 4.31. The standard InChI is InChI=1S/C13H18N4S/c1-10-16-12(9-18-10)8-17(2)13(7-14)11-3-5-15-6-4-11/h3-6,9,13H,7-8,14H2,1-2H3. The largest absolute Gasteiger partial charge is 0.329 e. The predicted octanol–water partition coefficient (Wildman–Crippen LogP) is 1.98. The monoisotopic (exact) mass is 262 g/mol. The lowest BCUT2D eigenvalue weighted by Gasteiger charge is -2.26. The third-order valence-electron chi connectivity index (χ3n) is 2.92. The van der Waals surface area contributed by atoms with Crippen LogP contribution >= 0.6 is 11.3 Å². The van der Waals surface area contributed by atoms with E-state index in [1.54, 1.807) is 23.7 Å². The van der Waals surface area contributed by atoms with E-state index in [-0.39, 0.29) is 6.04 Å². The van der Waals surface area contributed by atoms with Crippen molar-refractivity contribution in [3.05, 3.63) is 46.2 Å². The first-order valence-electron chi connectivity index (χ1n) is 5.92. The zero-order valence-corrected chi connectivity index (χ0v) is 11.5. The van der Waals surface area contributed by atoms with Gasteiger partial charge in [0.1, 0.15) is 0 Å². The molecule has 0 bridgehead atoms. The average Bonchev–Trinajstić information content (AvgIpc) is 2.77. The van der Waals surface area contributed by atoms with Gasteiger partial charge in [-0.2, -0.15) is 0 Å². The first-order chi connectivity index (χ1) is 8.70. The van der Waals surface area contributed by atoms with E-state index in [2.05, 4.69) is 27.3 Å². The number of thiazole rings is 1. The number of hydrogen-bond donors (Lipinski definition) is 1. The minimum Gasteiger partial charge on any atom is -0.329 e. The van der Waals surface area contributed by atoms with Gasteiger partial charge in [0.25, 0.3) is 0 Å². The highest BCUT2D eigenvalue weighted by atomic mass is 32.1. The van der Waals surface area contributed by atoms with Gasteiger partial charge in [0.15, 0.2) is 0 Å². The average molecular weight is 262 g/mol. The molecule has 0 aromatic carbocycles. The summed E-state index contributed by atoms with van der Waals surface area (Å²) in [4.78, 5) is 10.7. The van der Waals surface area contributed by atoms with Gasteiger partial charge in [0.05, 0.1) is 10.7 Å². The van der Waals surface area contributed by atoms with Crippen LogP contribution in [0.1, 0.15) is 22.3 Å². The summed E-state index contributed by atoms with van der Waals surface area (Å²) < 4.78 is 0. The van der Waals surface area contributed by atoms with Crippen LogP contribution in [0.25, 0.3) is 0 Å². The molecule has 0 aliphatic heterocycles. The summed E-state index contributed by atoms with van der Waals surface area (Å²) >= 11 is 1.68. The van der Waals surface area contributed by atoms with Crippen molar-refractivity contribution in [2.24, 2.45) is 5.73 Å². The van der Waals surface area contributed by atoms with Gasteiger partial charge >= 0.3 is 0 Å². The van der Waals surface area contributed by atoms with E-state index in [1.165, 1.54) is 5.56 Å². The van der Waals surface area contributed by atoms with Gasteiger partial charge in [-0.15, -0.1) is 11.3 Å². The molecule has 18 heavy (non-hydrogen) atoms. The fourth-order valence-corrected chi connectivity index (χ4v) is 2.61. The van der Waals surface area contributed by atoms with Crippen LogP contribution < -0.4 is 5.73 Å². The summed E-state index contributed by atoms with van der Waals surface area (Å²) in [5, 5.41) is 3.21. The number of aromatic nitrogens is 2. The van der Waals surface area contributed by atoms with Crippen molar-refractivity contribution in [3.8, 4) is 0 Å². The Bertz CT molecular complexity index is 483. The zero-order chi connectivity index (χ0) is 13.0. The molecular weight excluding hydrogens is 244 g/mol. The van der Waals surface area contributed by atoms with Crippen LogP contribution in [0.15, 0.2) is 29.9 Å². The lowest BCUT2D eigenvalue weighted by molar-refractivity contribution is 0.239. The molecule has 0 saturated heterocycles. The Labute approximate surface area is 111 Å². The topological polar surface area (TPSA) is 55.0 Å². The van der Waals surface area contributed by atoms with Crippen LogP contribution in [0.3, 0.4) is 0 Å². The lowest BCUT2D eigenvalue weighted by atomic mass is 10.1. The maximum absolute atomic E-state index is 5.88. The van der Waals surface area contributed by atoms with E-state index < -0.39 is 0 Å². The minimum absolute atomic E-state index is 0.204. The highest BCUT2D eigenvalue weighted by Crippen LogP contribution is 2.20. The smallest absolute Gasteiger partial charge is 0.0897 e. The van der Waals surface area contributed by atoms with Gasteiger partial charge in [-0.1, -0.05) is 0 Å². The van der Waals surface area contributed by atoms with Gasteiger partial charge in [0, 0.05) is 36.9 Å². The molecule has 5 heteroatoms. The van der Waals surface area contributed by atoms with Crippen molar-refractivity contribution >= 4 is 11.3 Å². The van der Waals surface area contributed by atoms with Crippen molar-refractivity contribution < 1.29 is 0 Å². The highest BCUT2D eigenvalue weighted by molar-refractivity contribution is 7.09. The van der Waals surface area contributed by atoms with Gasteiger partial charge in [0.2, 0.25) is 0 Å². The molecule has 0 aliphatic carbocycles. The summed E-state index contributed by atoms with van der Waals surface area (Å²) in [6.45, 7) is 3.43. The van der Waals surface area contributed by atoms with Crippen LogP contribution in [0, 0.1) is 6.92 Å². The van der Waals surface area contributed by atoms with Gasteiger partial charge in [-0.3, -0.25) is 9.88 Å². The van der Waals surface area contributed by atoms with E-state index in [9.17, 15) is 0 Å². The molecule has 2 aromatic heterocycles. The molecule has 0 spiro atoms. The number of aryl methyl sites for hydroxylation is 1. The normalized spacial score (nSPS) is 12.9. The third-order valence-corrected chi connectivity index (χ3v) is 3.75. The second-order valence-corrected chi connectivity index (χ2v) is 5.37. The van der Waals surface area contributed by atoms with Gasteiger partial charge in [-0.25, -0.2) is 4.98 Å². The predicted molar refractivity (Wildman–Crippen MR) is 74.4 cm³/mol. The van der Waals surface area contributed by atoms with Crippen LogP contribution in [-0.4, -0.2) is 28.5 Å². The van der Waals surface area contributed by atoms with E-state index in [0.29, 0.717) is 6.54 Å². The number of rotatable bonds is 5. The van der Waals surface area contributed by atoms with Crippen LogP contribution in [-0.2, 0) is 6.54 Å². The summed E-state index contributed by atoms with van der Waals surface area (Å²) in [7, 11) is 2.08. The van der Waals surface area contributed by atoms with Crippen molar-refractivity contribution in [2.75, 3.05) is 13.6 Å². The van der Waals surface area contributed by atoms with Crippen molar-refractivity contribution in [1.82, 2.24) is 14.9 Å². The van der Waals surface area contributed by atoms with E-state index in [4.69, 9.17) is 5.73 Å². The van der Waals surface area contributed by atoms with E-state index in [0.717, 1.165) is 17.2 Å². The minimum atomic E-state index is 0.204. The number of nitrogens with zero attached hydrogens (tertiary/aromatic N) is 3. The molecule has 0 radical (unpaired) electrons. The Morgan fingerprint density at radius 3 is 2.67 bits per heavy atom. The van der Waals surface area contributed by atoms with Gasteiger partial charge in [-0.05, 0) is 31.7 Å². The molecule has 0 fully saturated rings. The molecule has 1 unspecified atom stereocenters. The molecule has 4 nitrogen and oxygen atoms in total. The molecule has 2 heterocycles. The second kappa shape index (κ2) is 6.04. The summed E-state index contributed by atoms with van der Waals surface area (Å²) in [6.07, 6.45) is 3.61. The van der Waals surface area contributed by atoms with Crippen LogP contribution in [0.2, 0.25) is 0 Å². The van der Waals surface area contributed by atoms with Gasteiger partial charge < -0.3 is 5.73 Å². The van der Waals surface area contributed by atoms with E-state index >= 15 is 0 Å². The molecule has 0 saturated carbocycles. The Hall–Kier alpha value is -1.30. The maximum atomic E-state index is 5.88. The Balaban J connectivity index is 2.08. The molecule has 2 N–H and O–H groups in total. The quantitative estimate of drug-likeness (QED) is 0.895. The molecule has 2 aromatic rings. The molecule has 2 rings (SSSR count). The Morgan fingerprint density at radius 2 is 2.11 bits per heavy atom. The molecule has 1 atom stereocenters. The summed E-state index contributed by atoms with van der Waals surface area (Å²) in [6, 6.07) is 4.23. The molecular formula is C13H18N4S. The van der Waals surface area contributed by atoms with Crippen LogP contribution in [0.4, 0.5) is 0 Å². The third kappa shape index (κ3) is 3.13. The van der Waals surface area contributed by atoms with Crippen molar-refractivity contribution in [1.29, 1.82) is 0 Å². The van der Waals surface area contributed by atoms with E-state index in [1.807, 2.05) is 19.1 Å². The first kappa shape index (κ1) is 13.1. The summed E-state index contributed by atoms with van der Waals surface area (Å²) in [5.74, 6) is 0.